The number of nitrogens with two attached hydrogens (primary N) is 1. The van der Waals surface area contributed by atoms with Gasteiger partial charge < -0.3 is 15.7 Å². The number of hydrogen-bond acceptors (Lipinski definition) is 5. The number of carbonyl (C=O) groups excluding carboxylic acids is 1. The second-order valence-corrected chi connectivity index (χ2v) is 6.74. The first kappa shape index (κ1) is 17.6. The van der Waals surface area contributed by atoms with Gasteiger partial charge in [-0.1, -0.05) is 0 Å². The zero-order chi connectivity index (χ0) is 18.7. The first-order chi connectivity index (χ1) is 12.5. The number of benzene rings is 2. The zero-order valence-electron chi connectivity index (χ0n) is 14.0. The zero-order valence-corrected chi connectivity index (χ0v) is 14.9. The Kier molecular flexibility index (Phi) is 4.99. The van der Waals surface area contributed by atoms with Gasteiger partial charge in [0.15, 0.2) is 0 Å². The largest absolute Gasteiger partial charge is 0.478 e. The standard InChI is InChI=1S/C19H17N3O3S/c1-12-8-15(6-7-17(12)18(20)23)22(10-16-9-21-11-26-16)14-4-2-13(3-5-14)19(24)25/h2-9,11H,10H2,1H3,(H2,20,23)(H,24,25). The minimum atomic E-state index is -0.966. The molecule has 7 heteroatoms. The number of carboxylic acids is 1. The van der Waals surface area contributed by atoms with Crippen LogP contribution in [0.25, 0.3) is 0 Å². The summed E-state index contributed by atoms with van der Waals surface area (Å²) in [5.74, 6) is -1.43. The van der Waals surface area contributed by atoms with Gasteiger partial charge in [-0.3, -0.25) is 9.78 Å². The van der Waals surface area contributed by atoms with Crippen molar-refractivity contribution in [2.24, 2.45) is 5.73 Å². The van der Waals surface area contributed by atoms with Crippen molar-refractivity contribution in [3.8, 4) is 0 Å². The van der Waals surface area contributed by atoms with Gasteiger partial charge in [-0.2, -0.15) is 0 Å². The molecule has 3 aromatic rings. The molecule has 1 aromatic heterocycles. The molecule has 0 radical (unpaired) electrons. The van der Waals surface area contributed by atoms with E-state index in [1.54, 1.807) is 42.0 Å². The second kappa shape index (κ2) is 7.37. The number of thiazole rings is 1. The number of hydrogen-bond donors (Lipinski definition) is 2. The van der Waals surface area contributed by atoms with Crippen molar-refractivity contribution >= 4 is 34.6 Å². The lowest BCUT2D eigenvalue weighted by Crippen LogP contribution is -2.17. The fourth-order valence-corrected chi connectivity index (χ4v) is 3.27. The second-order valence-electron chi connectivity index (χ2n) is 5.77. The average Bonchev–Trinajstić information content (AvgIpc) is 3.12. The van der Waals surface area contributed by atoms with Crippen LogP contribution in [0.4, 0.5) is 11.4 Å². The number of aromatic nitrogens is 1. The number of aromatic carboxylic acids is 1. The molecule has 0 bridgehead atoms. The van der Waals surface area contributed by atoms with Gasteiger partial charge in [-0.25, -0.2) is 4.79 Å². The molecule has 3 rings (SSSR count). The lowest BCUT2D eigenvalue weighted by atomic mass is 10.1. The highest BCUT2D eigenvalue weighted by Crippen LogP contribution is 2.30. The Labute approximate surface area is 154 Å². The van der Waals surface area contributed by atoms with Crippen molar-refractivity contribution in [1.29, 1.82) is 0 Å². The maximum absolute atomic E-state index is 11.5. The van der Waals surface area contributed by atoms with E-state index in [9.17, 15) is 9.59 Å². The van der Waals surface area contributed by atoms with Crippen LogP contribution in [0, 0.1) is 6.92 Å². The number of anilines is 2. The molecular weight excluding hydrogens is 350 g/mol. The summed E-state index contributed by atoms with van der Waals surface area (Å²) in [7, 11) is 0. The van der Waals surface area contributed by atoms with Gasteiger partial charge >= 0.3 is 5.97 Å². The molecule has 0 aliphatic carbocycles. The first-order valence-electron chi connectivity index (χ1n) is 7.84. The summed E-state index contributed by atoms with van der Waals surface area (Å²) >= 11 is 1.54. The molecule has 132 valence electrons. The molecule has 0 aliphatic heterocycles. The summed E-state index contributed by atoms with van der Waals surface area (Å²) < 4.78 is 0. The molecule has 0 unspecified atom stereocenters. The molecule has 1 heterocycles. The van der Waals surface area contributed by atoms with Gasteiger partial charge in [-0.15, -0.1) is 11.3 Å². The molecule has 1 amide bonds. The fraction of sp³-hybridized carbons (Fsp3) is 0.105. The van der Waals surface area contributed by atoms with E-state index in [1.807, 2.05) is 24.0 Å². The topological polar surface area (TPSA) is 96.5 Å². The third-order valence-corrected chi connectivity index (χ3v) is 4.77. The predicted octanol–water partition coefficient (Wildman–Crippen LogP) is 3.59. The monoisotopic (exact) mass is 367 g/mol. The molecule has 0 atom stereocenters. The Morgan fingerprint density at radius 1 is 1.15 bits per heavy atom. The molecule has 26 heavy (non-hydrogen) atoms. The van der Waals surface area contributed by atoms with Crippen molar-refractivity contribution in [3.63, 3.8) is 0 Å². The van der Waals surface area contributed by atoms with E-state index in [2.05, 4.69) is 4.98 Å². The summed E-state index contributed by atoms with van der Waals surface area (Å²) in [4.78, 5) is 29.8. The lowest BCUT2D eigenvalue weighted by molar-refractivity contribution is 0.0696. The Hall–Kier alpha value is -3.19. The van der Waals surface area contributed by atoms with Gasteiger partial charge in [0, 0.05) is 28.0 Å². The van der Waals surface area contributed by atoms with Gasteiger partial charge in [0.25, 0.3) is 0 Å². The van der Waals surface area contributed by atoms with Gasteiger partial charge in [0.1, 0.15) is 0 Å². The quantitative estimate of drug-likeness (QED) is 0.694. The highest BCUT2D eigenvalue weighted by molar-refractivity contribution is 7.09. The lowest BCUT2D eigenvalue weighted by Gasteiger charge is -2.25. The van der Waals surface area contributed by atoms with Crippen LogP contribution in [0.2, 0.25) is 0 Å². The molecular formula is C19H17N3O3S. The Morgan fingerprint density at radius 3 is 2.38 bits per heavy atom. The maximum atomic E-state index is 11.5. The SMILES string of the molecule is Cc1cc(N(Cc2cncs2)c2ccc(C(=O)O)cc2)ccc1C(N)=O. The molecule has 0 saturated carbocycles. The number of rotatable bonds is 6. The number of aryl methyl sites for hydroxylation is 1. The minimum Gasteiger partial charge on any atom is -0.478 e. The number of primary amides is 1. The Bertz CT molecular complexity index is 937. The van der Waals surface area contributed by atoms with Crippen molar-refractivity contribution in [2.75, 3.05) is 4.90 Å². The highest BCUT2D eigenvalue weighted by Gasteiger charge is 2.14. The van der Waals surface area contributed by atoms with E-state index in [-0.39, 0.29) is 5.56 Å². The van der Waals surface area contributed by atoms with Gasteiger partial charge in [0.2, 0.25) is 5.91 Å². The van der Waals surface area contributed by atoms with Gasteiger partial charge in [-0.05, 0) is 55.0 Å². The third-order valence-electron chi connectivity index (χ3n) is 4.01. The van der Waals surface area contributed by atoms with E-state index in [4.69, 9.17) is 10.8 Å². The van der Waals surface area contributed by atoms with Crippen LogP contribution in [0.5, 0.6) is 0 Å². The molecule has 0 saturated heterocycles. The normalized spacial score (nSPS) is 10.5. The van der Waals surface area contributed by atoms with E-state index in [1.165, 1.54) is 11.3 Å². The van der Waals surface area contributed by atoms with E-state index in [0.717, 1.165) is 21.8 Å². The van der Waals surface area contributed by atoms with Crippen LogP contribution >= 0.6 is 11.3 Å². The number of nitrogens with zero attached hydrogens (tertiary/aromatic N) is 2. The maximum Gasteiger partial charge on any atom is 0.335 e. The Balaban J connectivity index is 2.01. The minimum absolute atomic E-state index is 0.228. The average molecular weight is 367 g/mol. The van der Waals surface area contributed by atoms with Crippen LogP contribution in [-0.2, 0) is 6.54 Å². The summed E-state index contributed by atoms with van der Waals surface area (Å²) in [6.07, 6.45) is 1.80. The van der Waals surface area contributed by atoms with Crippen LogP contribution in [-0.4, -0.2) is 22.0 Å². The predicted molar refractivity (Wildman–Crippen MR) is 101 cm³/mol. The molecule has 2 aromatic carbocycles. The fourth-order valence-electron chi connectivity index (χ4n) is 2.68. The van der Waals surface area contributed by atoms with Crippen LogP contribution in [0.15, 0.2) is 54.2 Å². The van der Waals surface area contributed by atoms with E-state index in [0.29, 0.717) is 12.1 Å². The van der Waals surface area contributed by atoms with Crippen molar-refractivity contribution in [3.05, 3.63) is 75.7 Å². The molecule has 3 N–H and O–H groups in total. The third kappa shape index (κ3) is 3.73. The van der Waals surface area contributed by atoms with Crippen molar-refractivity contribution in [1.82, 2.24) is 4.98 Å². The molecule has 6 nitrogen and oxygen atoms in total. The first-order valence-corrected chi connectivity index (χ1v) is 8.72. The summed E-state index contributed by atoms with van der Waals surface area (Å²) in [5.41, 5.74) is 10.4. The van der Waals surface area contributed by atoms with Crippen LogP contribution in [0.1, 0.15) is 31.2 Å². The highest BCUT2D eigenvalue weighted by atomic mass is 32.1. The summed E-state index contributed by atoms with van der Waals surface area (Å²) in [6.45, 7) is 2.41. The van der Waals surface area contributed by atoms with Crippen LogP contribution < -0.4 is 10.6 Å². The van der Waals surface area contributed by atoms with E-state index < -0.39 is 11.9 Å². The van der Waals surface area contributed by atoms with Gasteiger partial charge in [0.05, 0.1) is 17.6 Å². The summed E-state index contributed by atoms with van der Waals surface area (Å²) in [6, 6.07) is 12.1. The molecule has 0 spiro atoms. The number of carboxylic acid groups (broad SMARTS) is 1. The number of carbonyl (C=O) groups is 2. The van der Waals surface area contributed by atoms with Crippen molar-refractivity contribution < 1.29 is 14.7 Å². The molecule has 0 fully saturated rings. The number of amides is 1. The van der Waals surface area contributed by atoms with Crippen molar-refractivity contribution in [2.45, 2.75) is 13.5 Å². The smallest absolute Gasteiger partial charge is 0.335 e. The van der Waals surface area contributed by atoms with Crippen LogP contribution in [0.3, 0.4) is 0 Å². The Morgan fingerprint density at radius 2 is 1.85 bits per heavy atom. The molecule has 0 aliphatic rings. The summed E-state index contributed by atoms with van der Waals surface area (Å²) in [5, 5.41) is 9.09. The van der Waals surface area contributed by atoms with E-state index >= 15 is 0 Å².